The summed E-state index contributed by atoms with van der Waals surface area (Å²) >= 11 is 1.42. The number of rotatable bonds is 5. The maximum atomic E-state index is 12.1. The highest BCUT2D eigenvalue weighted by Crippen LogP contribution is 2.27. The van der Waals surface area contributed by atoms with Crippen molar-refractivity contribution in [3.8, 4) is 0 Å². The number of fused-ring (bicyclic) bond motifs is 1. The van der Waals surface area contributed by atoms with E-state index in [0.717, 1.165) is 49.8 Å². The SMILES string of the molecule is CCc1cc(=O)n2nc(NCC3(N(C)C)CCOCC3)sc2n1. The van der Waals surface area contributed by atoms with Gasteiger partial charge in [-0.05, 0) is 33.4 Å². The van der Waals surface area contributed by atoms with Crippen LogP contribution in [0.3, 0.4) is 0 Å². The summed E-state index contributed by atoms with van der Waals surface area (Å²) in [5.74, 6) is 0. The zero-order chi connectivity index (χ0) is 16.4. The normalized spacial score (nSPS) is 17.7. The van der Waals surface area contributed by atoms with Crippen LogP contribution in [-0.4, -0.2) is 58.9 Å². The van der Waals surface area contributed by atoms with Crippen molar-refractivity contribution in [2.75, 3.05) is 39.2 Å². The summed E-state index contributed by atoms with van der Waals surface area (Å²) in [6.45, 7) is 4.32. The van der Waals surface area contributed by atoms with Crippen LogP contribution >= 0.6 is 11.3 Å². The second-order valence-corrected chi connectivity index (χ2v) is 7.08. The molecule has 0 bridgehead atoms. The number of hydrogen-bond acceptors (Lipinski definition) is 7. The molecule has 2 aromatic heterocycles. The van der Waals surface area contributed by atoms with Gasteiger partial charge in [0.2, 0.25) is 10.1 Å². The molecule has 0 radical (unpaired) electrons. The Labute approximate surface area is 139 Å². The van der Waals surface area contributed by atoms with Gasteiger partial charge >= 0.3 is 0 Å². The molecule has 126 valence electrons. The highest BCUT2D eigenvalue weighted by atomic mass is 32.1. The van der Waals surface area contributed by atoms with Gasteiger partial charge in [0.05, 0.1) is 0 Å². The van der Waals surface area contributed by atoms with Gasteiger partial charge in [0.25, 0.3) is 5.56 Å². The van der Waals surface area contributed by atoms with Gasteiger partial charge < -0.3 is 15.0 Å². The molecule has 0 amide bonds. The Morgan fingerprint density at radius 3 is 2.83 bits per heavy atom. The van der Waals surface area contributed by atoms with E-state index in [1.807, 2.05) is 6.92 Å². The van der Waals surface area contributed by atoms with E-state index in [4.69, 9.17) is 4.74 Å². The number of hydrogen-bond donors (Lipinski definition) is 1. The van der Waals surface area contributed by atoms with Gasteiger partial charge in [-0.25, -0.2) is 4.98 Å². The van der Waals surface area contributed by atoms with E-state index >= 15 is 0 Å². The third kappa shape index (κ3) is 3.24. The predicted octanol–water partition coefficient (Wildman–Crippen LogP) is 1.24. The van der Waals surface area contributed by atoms with Gasteiger partial charge in [-0.3, -0.25) is 4.79 Å². The van der Waals surface area contributed by atoms with Crippen molar-refractivity contribution in [1.82, 2.24) is 19.5 Å². The highest BCUT2D eigenvalue weighted by molar-refractivity contribution is 7.20. The lowest BCUT2D eigenvalue weighted by Gasteiger charge is -2.42. The van der Waals surface area contributed by atoms with Gasteiger partial charge in [0.1, 0.15) is 0 Å². The molecule has 0 unspecified atom stereocenters. The van der Waals surface area contributed by atoms with Crippen molar-refractivity contribution >= 4 is 21.4 Å². The fourth-order valence-electron chi connectivity index (χ4n) is 2.88. The largest absolute Gasteiger partial charge is 0.381 e. The van der Waals surface area contributed by atoms with Crippen molar-refractivity contribution < 1.29 is 4.74 Å². The van der Waals surface area contributed by atoms with E-state index < -0.39 is 0 Å². The molecular weight excluding hydrogens is 314 g/mol. The maximum Gasteiger partial charge on any atom is 0.275 e. The number of aromatic nitrogens is 3. The number of likely N-dealkylation sites (N-methyl/N-ethyl adjacent to an activating group) is 1. The molecule has 23 heavy (non-hydrogen) atoms. The molecule has 1 N–H and O–H groups in total. The molecule has 7 nitrogen and oxygen atoms in total. The van der Waals surface area contributed by atoms with E-state index in [9.17, 15) is 4.79 Å². The summed E-state index contributed by atoms with van der Waals surface area (Å²) < 4.78 is 6.87. The minimum absolute atomic E-state index is 0.0586. The summed E-state index contributed by atoms with van der Waals surface area (Å²) in [6, 6.07) is 1.55. The molecule has 1 saturated heterocycles. The molecule has 1 aliphatic rings. The number of nitrogens with one attached hydrogen (secondary N) is 1. The first-order valence-corrected chi connectivity index (χ1v) is 8.74. The van der Waals surface area contributed by atoms with Crippen LogP contribution in [0.2, 0.25) is 0 Å². The third-order valence-corrected chi connectivity index (χ3v) is 5.47. The number of nitrogens with zero attached hydrogens (tertiary/aromatic N) is 4. The monoisotopic (exact) mass is 337 g/mol. The Morgan fingerprint density at radius 1 is 1.43 bits per heavy atom. The first-order valence-electron chi connectivity index (χ1n) is 7.93. The topological polar surface area (TPSA) is 71.8 Å². The lowest BCUT2D eigenvalue weighted by Crippen LogP contribution is -2.53. The lowest BCUT2D eigenvalue weighted by atomic mass is 9.89. The van der Waals surface area contributed by atoms with E-state index in [0.29, 0.717) is 4.96 Å². The van der Waals surface area contributed by atoms with Crippen molar-refractivity contribution in [3.63, 3.8) is 0 Å². The fraction of sp³-hybridized carbons (Fsp3) is 0.667. The zero-order valence-electron chi connectivity index (χ0n) is 13.8. The summed E-state index contributed by atoms with van der Waals surface area (Å²) in [4.78, 5) is 19.4. The first-order chi connectivity index (χ1) is 11.0. The van der Waals surface area contributed by atoms with Crippen molar-refractivity contribution in [1.29, 1.82) is 0 Å². The molecule has 1 fully saturated rings. The van der Waals surface area contributed by atoms with Crippen molar-refractivity contribution in [3.05, 3.63) is 22.1 Å². The Hall–Kier alpha value is -1.51. The summed E-state index contributed by atoms with van der Waals surface area (Å²) in [6.07, 6.45) is 2.71. The molecule has 0 saturated carbocycles. The quantitative estimate of drug-likeness (QED) is 0.885. The van der Waals surface area contributed by atoms with Crippen LogP contribution in [0.1, 0.15) is 25.5 Å². The molecule has 0 spiro atoms. The highest BCUT2D eigenvalue weighted by Gasteiger charge is 2.34. The van der Waals surface area contributed by atoms with Crippen LogP contribution in [0.15, 0.2) is 10.9 Å². The Kier molecular flexibility index (Phi) is 4.65. The average Bonchev–Trinajstić information content (AvgIpc) is 2.97. The van der Waals surface area contributed by atoms with Crippen molar-refractivity contribution in [2.45, 2.75) is 31.7 Å². The number of aryl methyl sites for hydroxylation is 1. The molecule has 1 aliphatic heterocycles. The Balaban J connectivity index is 1.81. The molecular formula is C15H23N5O2S. The predicted molar refractivity (Wildman–Crippen MR) is 91.5 cm³/mol. The number of anilines is 1. The average molecular weight is 337 g/mol. The Bertz CT molecular complexity index is 733. The lowest BCUT2D eigenvalue weighted by molar-refractivity contribution is -0.000636. The molecule has 0 atom stereocenters. The van der Waals surface area contributed by atoms with Crippen LogP contribution in [0.25, 0.3) is 4.96 Å². The standard InChI is InChI=1S/C15H23N5O2S/c1-4-11-9-12(21)20-14(17-11)23-13(18-20)16-10-15(19(2)3)5-7-22-8-6-15/h9H,4-8,10H2,1-3H3,(H,16,18). The second-order valence-electron chi connectivity index (χ2n) is 6.13. The Morgan fingerprint density at radius 2 is 2.17 bits per heavy atom. The second kappa shape index (κ2) is 6.54. The molecule has 3 rings (SSSR count). The first kappa shape index (κ1) is 16.4. The third-order valence-electron chi connectivity index (χ3n) is 4.60. The van der Waals surface area contributed by atoms with Crippen LogP contribution in [0.5, 0.6) is 0 Å². The van der Waals surface area contributed by atoms with Gasteiger partial charge in [-0.1, -0.05) is 18.3 Å². The van der Waals surface area contributed by atoms with E-state index in [1.165, 1.54) is 15.9 Å². The minimum atomic E-state index is -0.121. The van der Waals surface area contributed by atoms with Crippen LogP contribution in [0.4, 0.5) is 5.13 Å². The smallest absolute Gasteiger partial charge is 0.275 e. The molecule has 0 aromatic carbocycles. The minimum Gasteiger partial charge on any atom is -0.381 e. The fourth-order valence-corrected chi connectivity index (χ4v) is 3.70. The number of ether oxygens (including phenoxy) is 1. The van der Waals surface area contributed by atoms with Crippen LogP contribution in [0, 0.1) is 0 Å². The maximum absolute atomic E-state index is 12.1. The van der Waals surface area contributed by atoms with E-state index in [1.54, 1.807) is 6.07 Å². The van der Waals surface area contributed by atoms with Crippen LogP contribution < -0.4 is 10.9 Å². The summed E-state index contributed by atoms with van der Waals surface area (Å²) in [5.41, 5.74) is 0.743. The summed E-state index contributed by atoms with van der Waals surface area (Å²) in [7, 11) is 4.20. The van der Waals surface area contributed by atoms with Gasteiger partial charge in [0, 0.05) is 37.1 Å². The van der Waals surface area contributed by atoms with E-state index in [2.05, 4.69) is 34.4 Å². The van der Waals surface area contributed by atoms with Gasteiger partial charge in [-0.2, -0.15) is 4.52 Å². The molecule has 3 heterocycles. The summed E-state index contributed by atoms with van der Waals surface area (Å²) in [5, 5.41) is 8.49. The van der Waals surface area contributed by atoms with Crippen LogP contribution in [-0.2, 0) is 11.2 Å². The zero-order valence-corrected chi connectivity index (χ0v) is 14.7. The van der Waals surface area contributed by atoms with E-state index in [-0.39, 0.29) is 11.1 Å². The molecule has 2 aromatic rings. The van der Waals surface area contributed by atoms with Gasteiger partial charge in [-0.15, -0.1) is 5.10 Å². The van der Waals surface area contributed by atoms with Crippen molar-refractivity contribution in [2.24, 2.45) is 0 Å². The van der Waals surface area contributed by atoms with Gasteiger partial charge in [0.15, 0.2) is 0 Å². The molecule has 8 heteroatoms. The molecule has 0 aliphatic carbocycles.